The Morgan fingerprint density at radius 1 is 1.21 bits per heavy atom. The molecule has 0 spiro atoms. The van der Waals surface area contributed by atoms with E-state index in [1.165, 1.54) is 17.5 Å². The van der Waals surface area contributed by atoms with Gasteiger partial charge in [0.25, 0.3) is 0 Å². The molecule has 0 saturated heterocycles. The van der Waals surface area contributed by atoms with Gasteiger partial charge in [-0.25, -0.2) is 0 Å². The molecule has 0 aliphatic heterocycles. The Bertz CT molecular complexity index is 499. The lowest BCUT2D eigenvalue weighted by atomic mass is 9.99. The fourth-order valence-corrected chi connectivity index (χ4v) is 2.04. The van der Waals surface area contributed by atoms with Gasteiger partial charge in [-0.3, -0.25) is 4.68 Å². The number of nitrogens with one attached hydrogen (secondary N) is 1. The smallest absolute Gasteiger partial charge is 0.0539 e. The zero-order chi connectivity index (χ0) is 13.7. The summed E-state index contributed by atoms with van der Waals surface area (Å²) in [6, 6.07) is 8.75. The van der Waals surface area contributed by atoms with Crippen LogP contribution >= 0.6 is 0 Å². The predicted octanol–water partition coefficient (Wildman–Crippen LogP) is 4.03. The third-order valence-electron chi connectivity index (χ3n) is 3.60. The molecule has 102 valence electrons. The summed E-state index contributed by atoms with van der Waals surface area (Å²) in [7, 11) is 0. The lowest BCUT2D eigenvalue weighted by molar-refractivity contribution is 0.659. The second-order valence-corrected chi connectivity index (χ2v) is 4.99. The first-order chi connectivity index (χ1) is 9.22. The van der Waals surface area contributed by atoms with Crippen molar-refractivity contribution in [2.45, 2.75) is 46.2 Å². The zero-order valence-corrected chi connectivity index (χ0v) is 12.1. The van der Waals surface area contributed by atoms with Crippen molar-refractivity contribution in [3.8, 4) is 0 Å². The Morgan fingerprint density at radius 3 is 2.53 bits per heavy atom. The van der Waals surface area contributed by atoms with Crippen LogP contribution in [0.1, 0.15) is 44.2 Å². The molecule has 0 aliphatic carbocycles. The molecule has 1 N–H and O–H groups in total. The van der Waals surface area contributed by atoms with Crippen LogP contribution in [0.15, 0.2) is 36.7 Å². The topological polar surface area (TPSA) is 29.9 Å². The standard InChI is InChI=1S/C16H23N3/c1-4-13(3)15-6-8-16(9-7-15)17-10-14-11-18-19(5-2)12-14/h6-9,11-13,17H,4-5,10H2,1-3H3. The maximum absolute atomic E-state index is 4.27. The van der Waals surface area contributed by atoms with E-state index in [-0.39, 0.29) is 0 Å². The molecule has 0 bridgehead atoms. The highest BCUT2D eigenvalue weighted by molar-refractivity contribution is 5.45. The van der Waals surface area contributed by atoms with Gasteiger partial charge in [-0.15, -0.1) is 0 Å². The van der Waals surface area contributed by atoms with Crippen LogP contribution in [-0.4, -0.2) is 9.78 Å². The Kier molecular flexibility index (Phi) is 4.61. The molecule has 0 saturated carbocycles. The van der Waals surface area contributed by atoms with Crippen LogP contribution in [0.4, 0.5) is 5.69 Å². The van der Waals surface area contributed by atoms with Crippen LogP contribution in [0.25, 0.3) is 0 Å². The summed E-state index contributed by atoms with van der Waals surface area (Å²) in [5, 5.41) is 7.70. The van der Waals surface area contributed by atoms with E-state index in [0.717, 1.165) is 18.8 Å². The highest BCUT2D eigenvalue weighted by Gasteiger charge is 2.02. The first-order valence-electron chi connectivity index (χ1n) is 7.08. The number of hydrogen-bond donors (Lipinski definition) is 1. The molecule has 1 unspecified atom stereocenters. The van der Waals surface area contributed by atoms with Crippen molar-refractivity contribution in [3.05, 3.63) is 47.8 Å². The zero-order valence-electron chi connectivity index (χ0n) is 12.1. The van der Waals surface area contributed by atoms with Gasteiger partial charge in [-0.05, 0) is 37.0 Å². The average molecular weight is 257 g/mol. The molecule has 0 fully saturated rings. The molecular formula is C16H23N3. The van der Waals surface area contributed by atoms with Crippen molar-refractivity contribution in [2.75, 3.05) is 5.32 Å². The number of aromatic nitrogens is 2. The fourth-order valence-electron chi connectivity index (χ4n) is 2.04. The SMILES string of the molecule is CCC(C)c1ccc(NCc2cnn(CC)c2)cc1. The third-order valence-corrected chi connectivity index (χ3v) is 3.60. The van der Waals surface area contributed by atoms with Gasteiger partial charge in [0.2, 0.25) is 0 Å². The minimum Gasteiger partial charge on any atom is -0.381 e. The molecule has 2 aromatic rings. The third kappa shape index (κ3) is 3.60. The molecule has 2 rings (SSSR count). The van der Waals surface area contributed by atoms with Crippen molar-refractivity contribution in [2.24, 2.45) is 0 Å². The molecule has 1 aromatic carbocycles. The highest BCUT2D eigenvalue weighted by atomic mass is 15.3. The van der Waals surface area contributed by atoms with Crippen molar-refractivity contribution in [3.63, 3.8) is 0 Å². The van der Waals surface area contributed by atoms with Gasteiger partial charge in [-0.1, -0.05) is 26.0 Å². The second-order valence-electron chi connectivity index (χ2n) is 4.99. The minimum absolute atomic E-state index is 0.636. The van der Waals surface area contributed by atoms with Crippen molar-refractivity contribution < 1.29 is 0 Å². The molecule has 1 aromatic heterocycles. The molecule has 1 atom stereocenters. The number of aryl methyl sites for hydroxylation is 1. The summed E-state index contributed by atoms with van der Waals surface area (Å²) >= 11 is 0. The van der Waals surface area contributed by atoms with E-state index >= 15 is 0 Å². The largest absolute Gasteiger partial charge is 0.381 e. The molecule has 19 heavy (non-hydrogen) atoms. The lowest BCUT2D eigenvalue weighted by Gasteiger charge is -2.10. The van der Waals surface area contributed by atoms with E-state index < -0.39 is 0 Å². The number of nitrogens with zero attached hydrogens (tertiary/aromatic N) is 2. The summed E-state index contributed by atoms with van der Waals surface area (Å²) in [6.07, 6.45) is 5.19. The van der Waals surface area contributed by atoms with E-state index in [1.54, 1.807) is 0 Å². The Balaban J connectivity index is 1.92. The second kappa shape index (κ2) is 6.41. The first kappa shape index (κ1) is 13.7. The predicted molar refractivity (Wildman–Crippen MR) is 80.4 cm³/mol. The number of rotatable bonds is 6. The van der Waals surface area contributed by atoms with Crippen LogP contribution in [0.2, 0.25) is 0 Å². The Morgan fingerprint density at radius 2 is 1.95 bits per heavy atom. The molecule has 3 heteroatoms. The van der Waals surface area contributed by atoms with Gasteiger partial charge < -0.3 is 5.32 Å². The van der Waals surface area contributed by atoms with Gasteiger partial charge in [0, 0.05) is 30.5 Å². The average Bonchev–Trinajstić information content (AvgIpc) is 2.93. The molecule has 1 heterocycles. The molecule has 0 radical (unpaired) electrons. The van der Waals surface area contributed by atoms with E-state index in [9.17, 15) is 0 Å². The van der Waals surface area contributed by atoms with E-state index in [1.807, 2.05) is 10.9 Å². The van der Waals surface area contributed by atoms with Gasteiger partial charge >= 0.3 is 0 Å². The minimum atomic E-state index is 0.636. The normalized spacial score (nSPS) is 12.4. The van der Waals surface area contributed by atoms with Crippen LogP contribution in [-0.2, 0) is 13.1 Å². The maximum Gasteiger partial charge on any atom is 0.0539 e. The van der Waals surface area contributed by atoms with Gasteiger partial charge in [-0.2, -0.15) is 5.10 Å². The first-order valence-corrected chi connectivity index (χ1v) is 7.08. The summed E-state index contributed by atoms with van der Waals surface area (Å²) in [5.74, 6) is 0.636. The van der Waals surface area contributed by atoms with Crippen LogP contribution in [0.3, 0.4) is 0 Å². The molecular weight excluding hydrogens is 234 g/mol. The quantitative estimate of drug-likeness (QED) is 0.846. The fraction of sp³-hybridized carbons (Fsp3) is 0.438. The summed E-state index contributed by atoms with van der Waals surface area (Å²) in [5.41, 5.74) is 3.79. The van der Waals surface area contributed by atoms with E-state index in [2.05, 4.69) is 61.6 Å². The Labute approximate surface area is 115 Å². The summed E-state index contributed by atoms with van der Waals surface area (Å²) in [4.78, 5) is 0. The monoisotopic (exact) mass is 257 g/mol. The van der Waals surface area contributed by atoms with Gasteiger partial charge in [0.15, 0.2) is 0 Å². The maximum atomic E-state index is 4.27. The van der Waals surface area contributed by atoms with Crippen molar-refractivity contribution in [1.29, 1.82) is 0 Å². The molecule has 0 amide bonds. The molecule has 0 aliphatic rings. The van der Waals surface area contributed by atoms with Crippen LogP contribution in [0.5, 0.6) is 0 Å². The van der Waals surface area contributed by atoms with Gasteiger partial charge in [0.1, 0.15) is 0 Å². The van der Waals surface area contributed by atoms with Crippen molar-refractivity contribution >= 4 is 5.69 Å². The summed E-state index contributed by atoms with van der Waals surface area (Å²) in [6.45, 7) is 8.33. The lowest BCUT2D eigenvalue weighted by Crippen LogP contribution is -1.99. The summed E-state index contributed by atoms with van der Waals surface area (Å²) < 4.78 is 1.95. The molecule has 3 nitrogen and oxygen atoms in total. The Hall–Kier alpha value is -1.77. The highest BCUT2D eigenvalue weighted by Crippen LogP contribution is 2.20. The van der Waals surface area contributed by atoms with Crippen LogP contribution < -0.4 is 5.32 Å². The van der Waals surface area contributed by atoms with Crippen molar-refractivity contribution in [1.82, 2.24) is 9.78 Å². The number of hydrogen-bond acceptors (Lipinski definition) is 2. The number of benzene rings is 1. The number of anilines is 1. The van der Waals surface area contributed by atoms with E-state index in [0.29, 0.717) is 5.92 Å². The van der Waals surface area contributed by atoms with E-state index in [4.69, 9.17) is 0 Å². The van der Waals surface area contributed by atoms with Crippen LogP contribution in [0, 0.1) is 0 Å². The van der Waals surface area contributed by atoms with Gasteiger partial charge in [0.05, 0.1) is 6.20 Å².